The number of H-pyrrole nitrogens is 1. The van der Waals surface area contributed by atoms with Crippen molar-refractivity contribution < 1.29 is 32.2 Å². The van der Waals surface area contributed by atoms with Gasteiger partial charge in [0, 0.05) is 35.3 Å². The number of carbonyl (C=O) groups is 2. The van der Waals surface area contributed by atoms with Crippen molar-refractivity contribution in [2.75, 3.05) is 7.11 Å². The molecule has 5 rings (SSSR count). The van der Waals surface area contributed by atoms with Gasteiger partial charge in [0.15, 0.2) is 5.69 Å². The van der Waals surface area contributed by atoms with Crippen molar-refractivity contribution in [3.05, 3.63) is 71.5 Å². The second-order valence-electron chi connectivity index (χ2n) is 9.55. The molecule has 0 aliphatic heterocycles. The maximum absolute atomic E-state index is 13.1. The Bertz CT molecular complexity index is 1570. The number of methoxy groups -OCH3 is 1. The fourth-order valence-electron chi connectivity index (χ4n) is 4.44. The van der Waals surface area contributed by atoms with Crippen LogP contribution in [0, 0.1) is 5.92 Å². The molecule has 0 bridgehead atoms. The Balaban J connectivity index is 1.35. The summed E-state index contributed by atoms with van der Waals surface area (Å²) in [5, 5.41) is 13.3. The lowest BCUT2D eigenvalue weighted by Crippen LogP contribution is -2.34. The standard InChI is InChI=1S/C28H26F3N5O4/c1-15(16-7-8-16)34-26(38)24-20-10-9-17(12-22(20)35-36-24)19-11-21(27(39-2)33-14-19)25(37)32-13-18-5-3-4-6-23(18)40-28(29,30)31/h3-6,9-12,14-16H,7-8,13H2,1-2H3,(H,32,37)(H,34,38)(H,35,36)/t15-/m0/s1. The summed E-state index contributed by atoms with van der Waals surface area (Å²) in [6.45, 7) is 1.77. The zero-order chi connectivity index (χ0) is 28.4. The van der Waals surface area contributed by atoms with Crippen molar-refractivity contribution in [1.82, 2.24) is 25.8 Å². The molecule has 4 aromatic rings. The van der Waals surface area contributed by atoms with Crippen molar-refractivity contribution in [2.45, 2.75) is 38.7 Å². The molecular formula is C28H26F3N5O4. The minimum atomic E-state index is -4.86. The molecule has 0 unspecified atom stereocenters. The molecule has 1 fully saturated rings. The molecule has 208 valence electrons. The molecule has 2 aromatic heterocycles. The number of carbonyl (C=O) groups excluding carboxylic acids is 2. The molecule has 2 heterocycles. The van der Waals surface area contributed by atoms with Crippen LogP contribution in [0.15, 0.2) is 54.7 Å². The lowest BCUT2D eigenvalue weighted by Gasteiger charge is -2.14. The Hall–Kier alpha value is -4.61. The van der Waals surface area contributed by atoms with Gasteiger partial charge >= 0.3 is 6.36 Å². The summed E-state index contributed by atoms with van der Waals surface area (Å²) >= 11 is 0. The van der Waals surface area contributed by atoms with Gasteiger partial charge in [-0.1, -0.05) is 24.3 Å². The number of nitrogens with one attached hydrogen (secondary N) is 3. The van der Waals surface area contributed by atoms with Crippen LogP contribution in [-0.2, 0) is 6.54 Å². The van der Waals surface area contributed by atoms with Crippen LogP contribution in [0.25, 0.3) is 22.0 Å². The number of fused-ring (bicyclic) bond motifs is 1. The predicted molar refractivity (Wildman–Crippen MR) is 140 cm³/mol. The van der Waals surface area contributed by atoms with Crippen LogP contribution >= 0.6 is 0 Å². The third-order valence-electron chi connectivity index (χ3n) is 6.73. The normalized spacial score (nSPS) is 14.0. The van der Waals surface area contributed by atoms with E-state index in [9.17, 15) is 22.8 Å². The maximum Gasteiger partial charge on any atom is 0.573 e. The van der Waals surface area contributed by atoms with Gasteiger partial charge < -0.3 is 20.1 Å². The highest BCUT2D eigenvalue weighted by molar-refractivity contribution is 6.05. The summed E-state index contributed by atoms with van der Waals surface area (Å²) in [4.78, 5) is 30.0. The van der Waals surface area contributed by atoms with Crippen LogP contribution < -0.4 is 20.1 Å². The van der Waals surface area contributed by atoms with Gasteiger partial charge in [-0.25, -0.2) is 4.98 Å². The number of alkyl halides is 3. The SMILES string of the molecule is COc1ncc(-c2ccc3c(C(=O)N[C@@H](C)C4CC4)n[nH]c3c2)cc1C(=O)NCc1ccccc1OC(F)(F)F. The third-order valence-corrected chi connectivity index (χ3v) is 6.73. The number of aromatic amines is 1. The van der Waals surface area contributed by atoms with E-state index in [-0.39, 0.29) is 35.5 Å². The van der Waals surface area contributed by atoms with E-state index in [2.05, 4.69) is 30.6 Å². The monoisotopic (exact) mass is 553 g/mol. The van der Waals surface area contributed by atoms with Crippen LogP contribution in [0.4, 0.5) is 13.2 Å². The number of rotatable bonds is 9. The fourth-order valence-corrected chi connectivity index (χ4v) is 4.44. The first-order valence-electron chi connectivity index (χ1n) is 12.6. The number of ether oxygens (including phenoxy) is 2. The number of aromatic nitrogens is 3. The summed E-state index contributed by atoms with van der Waals surface area (Å²) in [5.41, 5.74) is 2.45. The number of pyridine rings is 1. The number of benzene rings is 2. The Morgan fingerprint density at radius 1 is 1.10 bits per heavy atom. The van der Waals surface area contributed by atoms with E-state index in [1.165, 1.54) is 31.5 Å². The molecular weight excluding hydrogens is 527 g/mol. The van der Waals surface area contributed by atoms with Crippen LogP contribution in [0.3, 0.4) is 0 Å². The van der Waals surface area contributed by atoms with Gasteiger partial charge in [0.1, 0.15) is 11.3 Å². The highest BCUT2D eigenvalue weighted by Gasteiger charge is 2.32. The number of hydrogen-bond acceptors (Lipinski definition) is 6. The van der Waals surface area contributed by atoms with Gasteiger partial charge in [0.25, 0.3) is 11.8 Å². The van der Waals surface area contributed by atoms with Crippen LogP contribution in [0.2, 0.25) is 0 Å². The molecule has 1 aliphatic carbocycles. The molecule has 1 saturated carbocycles. The van der Waals surface area contributed by atoms with E-state index in [0.29, 0.717) is 33.6 Å². The van der Waals surface area contributed by atoms with E-state index >= 15 is 0 Å². The highest BCUT2D eigenvalue weighted by Crippen LogP contribution is 2.33. The van der Waals surface area contributed by atoms with Gasteiger partial charge in [0.05, 0.1) is 12.6 Å². The van der Waals surface area contributed by atoms with Gasteiger partial charge in [-0.2, -0.15) is 5.10 Å². The molecule has 1 atom stereocenters. The summed E-state index contributed by atoms with van der Waals surface area (Å²) in [7, 11) is 1.36. The number of halogens is 3. The first kappa shape index (κ1) is 27.0. The summed E-state index contributed by atoms with van der Waals surface area (Å²) in [5.74, 6) is -0.688. The average molecular weight is 554 g/mol. The van der Waals surface area contributed by atoms with Gasteiger partial charge in [-0.05, 0) is 55.5 Å². The summed E-state index contributed by atoms with van der Waals surface area (Å²) in [6, 6.07) is 12.5. The van der Waals surface area contributed by atoms with Crippen LogP contribution in [0.1, 0.15) is 46.2 Å². The van der Waals surface area contributed by atoms with Crippen LogP contribution in [0.5, 0.6) is 11.6 Å². The average Bonchev–Trinajstić information content (AvgIpc) is 3.70. The third kappa shape index (κ3) is 6.00. The molecule has 40 heavy (non-hydrogen) atoms. The Morgan fingerprint density at radius 3 is 2.60 bits per heavy atom. The van der Waals surface area contributed by atoms with Gasteiger partial charge in [0.2, 0.25) is 5.88 Å². The lowest BCUT2D eigenvalue weighted by molar-refractivity contribution is -0.274. The molecule has 0 spiro atoms. The molecule has 0 radical (unpaired) electrons. The van der Waals surface area contributed by atoms with E-state index in [1.54, 1.807) is 30.3 Å². The molecule has 1 aliphatic rings. The quantitative estimate of drug-likeness (QED) is 0.269. The van der Waals surface area contributed by atoms with Gasteiger partial charge in [-0.3, -0.25) is 14.7 Å². The molecule has 12 heteroatoms. The second-order valence-corrected chi connectivity index (χ2v) is 9.55. The fraction of sp³-hybridized carbons (Fsp3) is 0.286. The lowest BCUT2D eigenvalue weighted by atomic mass is 10.0. The van der Waals surface area contributed by atoms with Gasteiger partial charge in [-0.15, -0.1) is 13.2 Å². The number of para-hydroxylation sites is 1. The molecule has 2 amide bonds. The molecule has 2 aromatic carbocycles. The minimum Gasteiger partial charge on any atom is -0.480 e. The molecule has 0 saturated heterocycles. The van der Waals surface area contributed by atoms with E-state index in [4.69, 9.17) is 4.74 Å². The Labute approximate surface area is 227 Å². The predicted octanol–water partition coefficient (Wildman–Crippen LogP) is 4.99. The zero-order valence-electron chi connectivity index (χ0n) is 21.6. The largest absolute Gasteiger partial charge is 0.573 e. The van der Waals surface area contributed by atoms with Crippen molar-refractivity contribution in [1.29, 1.82) is 0 Å². The van der Waals surface area contributed by atoms with E-state index < -0.39 is 18.0 Å². The number of hydrogen-bond donors (Lipinski definition) is 3. The number of amides is 2. The highest BCUT2D eigenvalue weighted by atomic mass is 19.4. The topological polar surface area (TPSA) is 118 Å². The molecule has 9 nitrogen and oxygen atoms in total. The zero-order valence-corrected chi connectivity index (χ0v) is 21.6. The second kappa shape index (κ2) is 10.9. The van der Waals surface area contributed by atoms with E-state index in [0.717, 1.165) is 12.8 Å². The Morgan fingerprint density at radius 2 is 1.88 bits per heavy atom. The van der Waals surface area contributed by atoms with Crippen molar-refractivity contribution in [3.63, 3.8) is 0 Å². The van der Waals surface area contributed by atoms with Crippen molar-refractivity contribution in [3.8, 4) is 22.8 Å². The smallest absolute Gasteiger partial charge is 0.480 e. The maximum atomic E-state index is 13.1. The summed E-state index contributed by atoms with van der Waals surface area (Å²) in [6.07, 6.45) is -1.11. The summed E-state index contributed by atoms with van der Waals surface area (Å²) < 4.78 is 47.5. The first-order chi connectivity index (χ1) is 19.1. The van der Waals surface area contributed by atoms with Crippen molar-refractivity contribution >= 4 is 22.7 Å². The minimum absolute atomic E-state index is 0.0486. The van der Waals surface area contributed by atoms with Crippen molar-refractivity contribution in [2.24, 2.45) is 5.92 Å². The number of nitrogens with zero attached hydrogens (tertiary/aromatic N) is 2. The molecule has 3 N–H and O–H groups in total. The van der Waals surface area contributed by atoms with E-state index in [1.807, 2.05) is 6.92 Å². The first-order valence-corrected chi connectivity index (χ1v) is 12.6. The van der Waals surface area contributed by atoms with Crippen LogP contribution in [-0.4, -0.2) is 46.5 Å². The Kier molecular flexibility index (Phi) is 7.33.